The summed E-state index contributed by atoms with van der Waals surface area (Å²) in [6, 6.07) is 9.01. The Morgan fingerprint density at radius 3 is 2.80 bits per heavy atom. The molecule has 0 aliphatic heterocycles. The van der Waals surface area contributed by atoms with E-state index in [0.29, 0.717) is 24.4 Å². The van der Waals surface area contributed by atoms with Crippen LogP contribution in [0, 0.1) is 0 Å². The van der Waals surface area contributed by atoms with Gasteiger partial charge in [-0.3, -0.25) is 14.4 Å². The molecular formula is C20H21N3O5S2. The maximum Gasteiger partial charge on any atom is 0.316 e. The number of hydrogen-bond acceptors (Lipinski definition) is 8. The first-order chi connectivity index (χ1) is 14.5. The minimum absolute atomic E-state index is 0.123. The number of rotatable bonds is 10. The topological polar surface area (TPSA) is 111 Å². The Hall–Kier alpha value is -2.85. The second kappa shape index (κ2) is 10.8. The summed E-state index contributed by atoms with van der Waals surface area (Å²) in [5.74, 6) is 0.308. The van der Waals surface area contributed by atoms with Crippen LogP contribution in [0.3, 0.4) is 0 Å². The molecule has 0 saturated heterocycles. The van der Waals surface area contributed by atoms with Gasteiger partial charge in [0.1, 0.15) is 5.76 Å². The summed E-state index contributed by atoms with van der Waals surface area (Å²) in [6.45, 7) is 0.340. The summed E-state index contributed by atoms with van der Waals surface area (Å²) >= 11 is 2.77. The van der Waals surface area contributed by atoms with Crippen LogP contribution in [0.25, 0.3) is 10.2 Å². The van der Waals surface area contributed by atoms with Crippen LogP contribution in [-0.2, 0) is 25.7 Å². The van der Waals surface area contributed by atoms with Crippen molar-refractivity contribution in [3.8, 4) is 0 Å². The minimum Gasteiger partial charge on any atom is -0.468 e. The normalized spacial score (nSPS) is 10.7. The van der Waals surface area contributed by atoms with Gasteiger partial charge in [-0.1, -0.05) is 11.8 Å². The zero-order chi connectivity index (χ0) is 21.3. The summed E-state index contributed by atoms with van der Waals surface area (Å²) in [6.07, 6.45) is 2.52. The van der Waals surface area contributed by atoms with Crippen LogP contribution in [-0.4, -0.2) is 35.6 Å². The van der Waals surface area contributed by atoms with E-state index in [-0.39, 0.29) is 36.4 Å². The Morgan fingerprint density at radius 2 is 2.03 bits per heavy atom. The van der Waals surface area contributed by atoms with Crippen LogP contribution in [0.1, 0.15) is 25.0 Å². The van der Waals surface area contributed by atoms with Crippen molar-refractivity contribution in [3.05, 3.63) is 42.4 Å². The zero-order valence-electron chi connectivity index (χ0n) is 16.3. The highest BCUT2D eigenvalue weighted by Gasteiger charge is 2.10. The number of ether oxygens (including phenoxy) is 1. The predicted molar refractivity (Wildman–Crippen MR) is 115 cm³/mol. The van der Waals surface area contributed by atoms with E-state index in [4.69, 9.17) is 4.42 Å². The third-order valence-corrected chi connectivity index (χ3v) is 6.18. The Labute approximate surface area is 181 Å². The molecular weight excluding hydrogens is 426 g/mol. The molecule has 0 radical (unpaired) electrons. The lowest BCUT2D eigenvalue weighted by atomic mass is 10.2. The summed E-state index contributed by atoms with van der Waals surface area (Å²) in [5.41, 5.74) is 1.47. The van der Waals surface area contributed by atoms with Gasteiger partial charge in [0.05, 0.1) is 35.9 Å². The highest BCUT2D eigenvalue weighted by molar-refractivity contribution is 8.01. The first-order valence-electron chi connectivity index (χ1n) is 9.22. The molecule has 1 aromatic carbocycles. The van der Waals surface area contributed by atoms with Crippen molar-refractivity contribution in [3.63, 3.8) is 0 Å². The molecule has 30 heavy (non-hydrogen) atoms. The van der Waals surface area contributed by atoms with Gasteiger partial charge in [0.2, 0.25) is 11.8 Å². The molecule has 3 aromatic rings. The maximum absolute atomic E-state index is 12.2. The Kier molecular flexibility index (Phi) is 7.86. The fourth-order valence-electron chi connectivity index (χ4n) is 2.54. The number of nitrogens with zero attached hydrogens (tertiary/aromatic N) is 1. The molecule has 3 rings (SSSR count). The molecule has 10 heteroatoms. The van der Waals surface area contributed by atoms with Crippen molar-refractivity contribution < 1.29 is 23.5 Å². The number of carbonyl (C=O) groups is 3. The van der Waals surface area contributed by atoms with Gasteiger partial charge in [0, 0.05) is 18.5 Å². The van der Waals surface area contributed by atoms with Crippen LogP contribution in [0.4, 0.5) is 5.69 Å². The Morgan fingerprint density at radius 1 is 1.20 bits per heavy atom. The van der Waals surface area contributed by atoms with Gasteiger partial charge in [0.15, 0.2) is 4.34 Å². The molecule has 8 nitrogen and oxygen atoms in total. The number of hydrogen-bond donors (Lipinski definition) is 2. The first kappa shape index (κ1) is 21.8. The van der Waals surface area contributed by atoms with Crippen LogP contribution in [0.15, 0.2) is 45.4 Å². The lowest BCUT2D eigenvalue weighted by molar-refractivity contribution is -0.137. The molecule has 0 unspecified atom stereocenters. The number of thioether (sulfide) groups is 1. The number of anilines is 1. The zero-order valence-corrected chi connectivity index (χ0v) is 17.9. The molecule has 2 aromatic heterocycles. The van der Waals surface area contributed by atoms with Crippen molar-refractivity contribution in [1.82, 2.24) is 10.3 Å². The van der Waals surface area contributed by atoms with E-state index in [2.05, 4.69) is 20.4 Å². The number of furan rings is 1. The van der Waals surface area contributed by atoms with Crippen molar-refractivity contribution in [2.24, 2.45) is 0 Å². The lowest BCUT2D eigenvalue weighted by Crippen LogP contribution is -2.22. The molecule has 2 N–H and O–H groups in total. The van der Waals surface area contributed by atoms with Crippen LogP contribution in [0.5, 0.6) is 0 Å². The van der Waals surface area contributed by atoms with E-state index >= 15 is 0 Å². The van der Waals surface area contributed by atoms with Gasteiger partial charge in [0.25, 0.3) is 0 Å². The Bertz CT molecular complexity index is 1020. The summed E-state index contributed by atoms with van der Waals surface area (Å²) in [7, 11) is 1.35. The van der Waals surface area contributed by atoms with E-state index in [9.17, 15) is 14.4 Å². The number of esters is 1. The molecule has 158 valence electrons. The number of amides is 2. The smallest absolute Gasteiger partial charge is 0.316 e. The molecule has 0 aliphatic carbocycles. The summed E-state index contributed by atoms with van der Waals surface area (Å²) in [5, 5.41) is 5.59. The van der Waals surface area contributed by atoms with Gasteiger partial charge in [-0.25, -0.2) is 4.98 Å². The van der Waals surface area contributed by atoms with E-state index in [1.54, 1.807) is 24.5 Å². The number of fused-ring (bicyclic) bond motifs is 1. The average molecular weight is 448 g/mol. The molecule has 2 amide bonds. The monoisotopic (exact) mass is 447 g/mol. The van der Waals surface area contributed by atoms with Gasteiger partial charge in [-0.05, 0) is 36.8 Å². The fraction of sp³-hybridized carbons (Fsp3) is 0.300. The van der Waals surface area contributed by atoms with Gasteiger partial charge in [-0.15, -0.1) is 11.3 Å². The molecule has 0 bridgehead atoms. The van der Waals surface area contributed by atoms with Crippen LogP contribution < -0.4 is 10.6 Å². The standard InChI is InChI=1S/C20H21N3O5S2/c1-27-19(26)12-29-20-23-15-8-7-13(10-16(15)30-20)22-18(25)6-2-5-17(24)21-11-14-4-3-9-28-14/h3-4,7-10H,2,5-6,11-12H2,1H3,(H,21,24)(H,22,25). The first-order valence-corrected chi connectivity index (χ1v) is 11.0. The SMILES string of the molecule is COC(=O)CSc1nc2ccc(NC(=O)CCCC(=O)NCc3ccco3)cc2s1. The highest BCUT2D eigenvalue weighted by atomic mass is 32.2. The largest absolute Gasteiger partial charge is 0.468 e. The number of aromatic nitrogens is 1. The number of carbonyl (C=O) groups excluding carboxylic acids is 3. The fourth-order valence-corrected chi connectivity index (χ4v) is 4.48. The number of methoxy groups -OCH3 is 1. The van der Waals surface area contributed by atoms with Crippen molar-refractivity contribution in [1.29, 1.82) is 0 Å². The number of thiazole rings is 1. The molecule has 0 atom stereocenters. The second-order valence-corrected chi connectivity index (χ2v) is 8.54. The number of benzene rings is 1. The molecule has 0 aliphatic rings. The van der Waals surface area contributed by atoms with Crippen molar-refractivity contribution >= 4 is 56.8 Å². The van der Waals surface area contributed by atoms with Gasteiger partial charge < -0.3 is 19.8 Å². The molecule has 0 spiro atoms. The predicted octanol–water partition coefficient (Wildman–Crippen LogP) is 3.58. The molecule has 0 saturated carbocycles. The third-order valence-electron chi connectivity index (χ3n) is 4.04. The van der Waals surface area contributed by atoms with Crippen molar-refractivity contribution in [2.75, 3.05) is 18.2 Å². The second-order valence-electron chi connectivity index (χ2n) is 6.28. The summed E-state index contributed by atoms with van der Waals surface area (Å²) in [4.78, 5) is 39.7. The minimum atomic E-state index is -0.304. The third kappa shape index (κ3) is 6.60. The van der Waals surface area contributed by atoms with Gasteiger partial charge >= 0.3 is 5.97 Å². The van der Waals surface area contributed by atoms with Crippen LogP contribution in [0.2, 0.25) is 0 Å². The van der Waals surface area contributed by atoms with Crippen molar-refractivity contribution in [2.45, 2.75) is 30.1 Å². The van der Waals surface area contributed by atoms with E-state index in [1.165, 1.54) is 30.2 Å². The lowest BCUT2D eigenvalue weighted by Gasteiger charge is -2.06. The highest BCUT2D eigenvalue weighted by Crippen LogP contribution is 2.31. The summed E-state index contributed by atoms with van der Waals surface area (Å²) < 4.78 is 11.5. The maximum atomic E-state index is 12.2. The average Bonchev–Trinajstić information content (AvgIpc) is 3.39. The van der Waals surface area contributed by atoms with E-state index in [0.717, 1.165) is 14.6 Å². The molecule has 2 heterocycles. The molecule has 0 fully saturated rings. The Balaban J connectivity index is 1.42. The van der Waals surface area contributed by atoms with E-state index in [1.807, 2.05) is 12.1 Å². The number of nitrogens with one attached hydrogen (secondary N) is 2. The quantitative estimate of drug-likeness (QED) is 0.361. The van der Waals surface area contributed by atoms with Gasteiger partial charge in [-0.2, -0.15) is 0 Å². The van der Waals surface area contributed by atoms with E-state index < -0.39 is 0 Å². The van der Waals surface area contributed by atoms with Crippen LogP contribution >= 0.6 is 23.1 Å².